The van der Waals surface area contributed by atoms with Crippen molar-refractivity contribution >= 4 is 22.7 Å². The summed E-state index contributed by atoms with van der Waals surface area (Å²) in [5, 5.41) is 2.09. The Balaban J connectivity index is 1.76. The highest BCUT2D eigenvalue weighted by Gasteiger charge is 2.16. The monoisotopic (exact) mass is 387 g/mol. The van der Waals surface area contributed by atoms with Crippen LogP contribution in [-0.2, 0) is 9.47 Å². The van der Waals surface area contributed by atoms with E-state index < -0.39 is 11.9 Å². The number of hydrogen-bond donors (Lipinski definition) is 1. The van der Waals surface area contributed by atoms with Gasteiger partial charge in [-0.05, 0) is 29.7 Å². The lowest BCUT2D eigenvalue weighted by Crippen LogP contribution is -2.07. The number of nitrogens with zero attached hydrogens (tertiary/aromatic N) is 2. The molecule has 29 heavy (non-hydrogen) atoms. The second-order valence-electron chi connectivity index (χ2n) is 6.34. The highest BCUT2D eigenvalue weighted by atomic mass is 16.5. The number of imidazole rings is 1. The molecule has 0 aliphatic carbocycles. The van der Waals surface area contributed by atoms with Crippen molar-refractivity contribution in [2.24, 2.45) is 0 Å². The van der Waals surface area contributed by atoms with Gasteiger partial charge in [0.25, 0.3) is 0 Å². The van der Waals surface area contributed by atoms with Gasteiger partial charge in [-0.1, -0.05) is 24.3 Å². The van der Waals surface area contributed by atoms with E-state index >= 15 is 0 Å². The van der Waals surface area contributed by atoms with Gasteiger partial charge in [0.2, 0.25) is 0 Å². The fraction of sp³-hybridized carbons (Fsp3) is 0.0909. The van der Waals surface area contributed by atoms with Crippen LogP contribution in [0.1, 0.15) is 20.7 Å². The van der Waals surface area contributed by atoms with E-state index in [1.165, 1.54) is 20.3 Å². The molecule has 0 aliphatic rings. The SMILES string of the molecule is COC(=O)c1cc(C(=O)OC)cc(-c2cnc(-c3cc4ccccc4cn3)[nH]2)c1. The molecular weight excluding hydrogens is 370 g/mol. The van der Waals surface area contributed by atoms with Gasteiger partial charge < -0.3 is 14.5 Å². The molecule has 0 saturated carbocycles. The second-order valence-corrected chi connectivity index (χ2v) is 6.34. The van der Waals surface area contributed by atoms with Crippen LogP contribution in [0.3, 0.4) is 0 Å². The van der Waals surface area contributed by atoms with Gasteiger partial charge in [-0.3, -0.25) is 4.98 Å². The van der Waals surface area contributed by atoms with E-state index in [1.807, 2.05) is 30.3 Å². The van der Waals surface area contributed by atoms with Crippen molar-refractivity contribution in [2.75, 3.05) is 14.2 Å². The van der Waals surface area contributed by atoms with Gasteiger partial charge in [-0.2, -0.15) is 0 Å². The van der Waals surface area contributed by atoms with Crippen LogP contribution in [0.4, 0.5) is 0 Å². The Morgan fingerprint density at radius 1 is 0.828 bits per heavy atom. The van der Waals surface area contributed by atoms with Crippen LogP contribution in [0.25, 0.3) is 33.5 Å². The van der Waals surface area contributed by atoms with Crippen molar-refractivity contribution in [2.45, 2.75) is 0 Å². The minimum atomic E-state index is -0.548. The van der Waals surface area contributed by atoms with Crippen molar-refractivity contribution in [3.63, 3.8) is 0 Å². The first-order chi connectivity index (χ1) is 14.1. The third kappa shape index (κ3) is 3.58. The maximum Gasteiger partial charge on any atom is 0.337 e. The topological polar surface area (TPSA) is 94.2 Å². The van der Waals surface area contributed by atoms with E-state index in [1.54, 1.807) is 24.5 Å². The quantitative estimate of drug-likeness (QED) is 0.534. The van der Waals surface area contributed by atoms with Gasteiger partial charge in [0, 0.05) is 17.1 Å². The number of ether oxygens (including phenoxy) is 2. The predicted octanol–water partition coefficient (Wildman–Crippen LogP) is 3.87. The second kappa shape index (κ2) is 7.55. The fourth-order valence-corrected chi connectivity index (χ4v) is 3.07. The maximum atomic E-state index is 12.0. The molecule has 1 N–H and O–H groups in total. The van der Waals surface area contributed by atoms with Gasteiger partial charge >= 0.3 is 11.9 Å². The zero-order valence-corrected chi connectivity index (χ0v) is 15.8. The molecule has 0 atom stereocenters. The van der Waals surface area contributed by atoms with E-state index in [0.29, 0.717) is 22.8 Å². The number of methoxy groups -OCH3 is 2. The summed E-state index contributed by atoms with van der Waals surface area (Å²) in [6.07, 6.45) is 3.42. The first-order valence-electron chi connectivity index (χ1n) is 8.81. The van der Waals surface area contributed by atoms with E-state index in [0.717, 1.165) is 10.8 Å². The Bertz CT molecular complexity index is 1200. The molecule has 0 spiro atoms. The van der Waals surface area contributed by atoms with Crippen molar-refractivity contribution in [3.05, 3.63) is 72.1 Å². The van der Waals surface area contributed by atoms with E-state index in [4.69, 9.17) is 9.47 Å². The van der Waals surface area contributed by atoms with Gasteiger partial charge in [-0.15, -0.1) is 0 Å². The summed E-state index contributed by atoms with van der Waals surface area (Å²) in [6, 6.07) is 14.6. The Morgan fingerprint density at radius 3 is 2.14 bits per heavy atom. The number of hydrogen-bond acceptors (Lipinski definition) is 6. The third-order valence-electron chi connectivity index (χ3n) is 4.54. The molecule has 0 radical (unpaired) electrons. The standard InChI is InChI=1S/C22H17N3O4/c1-28-21(26)16-7-15(8-17(9-16)22(27)29-2)19-12-24-20(25-19)18-10-13-5-3-4-6-14(13)11-23-18/h3-12H,1-2H3,(H,24,25). The van der Waals surface area contributed by atoms with Crippen molar-refractivity contribution in [1.82, 2.24) is 15.0 Å². The minimum Gasteiger partial charge on any atom is -0.465 e. The molecule has 0 fully saturated rings. The van der Waals surface area contributed by atoms with Crippen LogP contribution in [0.5, 0.6) is 0 Å². The smallest absolute Gasteiger partial charge is 0.337 e. The highest BCUT2D eigenvalue weighted by molar-refractivity contribution is 5.97. The van der Waals surface area contributed by atoms with Gasteiger partial charge in [0.1, 0.15) is 5.69 Å². The van der Waals surface area contributed by atoms with Crippen LogP contribution in [0, 0.1) is 0 Å². The lowest BCUT2D eigenvalue weighted by Gasteiger charge is -2.07. The Labute approximate surface area is 166 Å². The number of pyridine rings is 1. The zero-order chi connectivity index (χ0) is 20.4. The molecular formula is C22H17N3O4. The van der Waals surface area contributed by atoms with Gasteiger partial charge in [0.15, 0.2) is 5.82 Å². The number of nitrogens with one attached hydrogen (secondary N) is 1. The molecule has 0 amide bonds. The summed E-state index contributed by atoms with van der Waals surface area (Å²) in [5.41, 5.74) is 2.40. The van der Waals surface area contributed by atoms with Crippen molar-refractivity contribution in [3.8, 4) is 22.8 Å². The number of aromatic nitrogens is 3. The molecule has 0 saturated heterocycles. The van der Waals surface area contributed by atoms with E-state index in [9.17, 15) is 9.59 Å². The van der Waals surface area contributed by atoms with E-state index in [2.05, 4.69) is 15.0 Å². The number of esters is 2. The molecule has 7 heteroatoms. The largest absolute Gasteiger partial charge is 0.465 e. The lowest BCUT2D eigenvalue weighted by atomic mass is 10.0. The number of H-pyrrole nitrogens is 1. The number of carbonyl (C=O) groups is 2. The van der Waals surface area contributed by atoms with E-state index in [-0.39, 0.29) is 11.1 Å². The summed E-state index contributed by atoms with van der Waals surface area (Å²) in [5.74, 6) is -0.519. The average molecular weight is 387 g/mol. The van der Waals surface area contributed by atoms with Crippen LogP contribution in [0.2, 0.25) is 0 Å². The van der Waals surface area contributed by atoms with Crippen molar-refractivity contribution < 1.29 is 19.1 Å². The molecule has 2 aromatic heterocycles. The van der Waals surface area contributed by atoms with Crippen LogP contribution in [0.15, 0.2) is 60.9 Å². The maximum absolute atomic E-state index is 12.0. The fourth-order valence-electron chi connectivity index (χ4n) is 3.07. The predicted molar refractivity (Wildman–Crippen MR) is 107 cm³/mol. The summed E-state index contributed by atoms with van der Waals surface area (Å²) in [7, 11) is 2.57. The van der Waals surface area contributed by atoms with Crippen LogP contribution in [-0.4, -0.2) is 41.1 Å². The molecule has 0 unspecified atom stereocenters. The summed E-state index contributed by atoms with van der Waals surface area (Å²) in [4.78, 5) is 36.1. The number of aromatic amines is 1. The lowest BCUT2D eigenvalue weighted by molar-refractivity contribution is 0.0599. The third-order valence-corrected chi connectivity index (χ3v) is 4.54. The molecule has 4 rings (SSSR count). The van der Waals surface area contributed by atoms with Crippen molar-refractivity contribution in [1.29, 1.82) is 0 Å². The minimum absolute atomic E-state index is 0.241. The van der Waals surface area contributed by atoms with Gasteiger partial charge in [0.05, 0.1) is 37.2 Å². The first kappa shape index (κ1) is 18.4. The van der Waals surface area contributed by atoms with Crippen LogP contribution >= 0.6 is 0 Å². The normalized spacial score (nSPS) is 10.7. The summed E-state index contributed by atoms with van der Waals surface area (Å²) >= 11 is 0. The molecule has 7 nitrogen and oxygen atoms in total. The molecule has 0 aliphatic heterocycles. The molecule has 4 aromatic rings. The molecule has 2 aromatic carbocycles. The highest BCUT2D eigenvalue weighted by Crippen LogP contribution is 2.26. The summed E-state index contributed by atoms with van der Waals surface area (Å²) < 4.78 is 9.57. The Hall–Kier alpha value is -4.00. The zero-order valence-electron chi connectivity index (χ0n) is 15.8. The average Bonchev–Trinajstić information content (AvgIpc) is 3.27. The molecule has 144 valence electrons. The Kier molecular flexibility index (Phi) is 4.78. The Morgan fingerprint density at radius 2 is 1.48 bits per heavy atom. The van der Waals surface area contributed by atoms with Gasteiger partial charge in [-0.25, -0.2) is 14.6 Å². The number of rotatable bonds is 4. The first-order valence-corrected chi connectivity index (χ1v) is 8.81. The molecule has 0 bridgehead atoms. The number of fused-ring (bicyclic) bond motifs is 1. The number of carbonyl (C=O) groups excluding carboxylic acids is 2. The molecule has 2 heterocycles. The number of benzene rings is 2. The summed E-state index contributed by atoms with van der Waals surface area (Å²) in [6.45, 7) is 0. The van der Waals surface area contributed by atoms with Crippen LogP contribution < -0.4 is 0 Å².